The van der Waals surface area contributed by atoms with Crippen molar-refractivity contribution in [1.82, 2.24) is 5.16 Å². The third-order valence-electron chi connectivity index (χ3n) is 6.24. The maximum absolute atomic E-state index is 13.4. The summed E-state index contributed by atoms with van der Waals surface area (Å²) in [7, 11) is 1.97. The van der Waals surface area contributed by atoms with Crippen LogP contribution in [0.25, 0.3) is 0 Å². The molecule has 0 saturated carbocycles. The lowest BCUT2D eigenvalue weighted by molar-refractivity contribution is -0.909. The minimum atomic E-state index is -1.93. The molecule has 1 aliphatic rings. The molecule has 2 heterocycles. The number of quaternary nitrogens is 1. The lowest BCUT2D eigenvalue weighted by atomic mass is 9.86. The highest BCUT2D eigenvalue weighted by atomic mass is 16.6. The summed E-state index contributed by atoms with van der Waals surface area (Å²) in [6.07, 6.45) is 1.04. The summed E-state index contributed by atoms with van der Waals surface area (Å²) in [5, 5.41) is 18.2. The average molecular weight is 465 g/mol. The van der Waals surface area contributed by atoms with Crippen LogP contribution in [0.4, 0.5) is 5.82 Å². The number of amides is 1. The van der Waals surface area contributed by atoms with Crippen LogP contribution in [0.1, 0.15) is 29.7 Å². The van der Waals surface area contributed by atoms with Crippen LogP contribution in [-0.4, -0.2) is 59.4 Å². The van der Waals surface area contributed by atoms with E-state index in [1.54, 1.807) is 61.5 Å². The molecule has 178 valence electrons. The predicted molar refractivity (Wildman–Crippen MR) is 126 cm³/mol. The molecule has 1 fully saturated rings. The zero-order valence-electron chi connectivity index (χ0n) is 19.4. The number of carbonyl (C=O) groups excluding carboxylic acids is 2. The fourth-order valence-corrected chi connectivity index (χ4v) is 4.57. The number of nitrogens with one attached hydrogen (secondary N) is 1. The average Bonchev–Trinajstić information content (AvgIpc) is 3.23. The maximum atomic E-state index is 13.4. The van der Waals surface area contributed by atoms with Crippen molar-refractivity contribution in [2.45, 2.75) is 31.5 Å². The van der Waals surface area contributed by atoms with Crippen LogP contribution in [0.5, 0.6) is 0 Å². The van der Waals surface area contributed by atoms with E-state index in [4.69, 9.17) is 9.26 Å². The Morgan fingerprint density at radius 2 is 1.76 bits per heavy atom. The number of likely N-dealkylation sites (tertiary alicyclic amines) is 1. The number of hydrogen-bond donors (Lipinski definition) is 2. The molecule has 2 atom stereocenters. The Bertz CT molecular complexity index is 1090. The van der Waals surface area contributed by atoms with Gasteiger partial charge in [0.15, 0.2) is 18.5 Å². The number of aromatic nitrogens is 1. The van der Waals surface area contributed by atoms with Crippen LogP contribution >= 0.6 is 0 Å². The van der Waals surface area contributed by atoms with Crippen molar-refractivity contribution >= 4 is 17.7 Å². The van der Waals surface area contributed by atoms with Gasteiger partial charge in [0.1, 0.15) is 12.3 Å². The number of esters is 1. The van der Waals surface area contributed by atoms with Crippen LogP contribution in [-0.2, 0) is 19.9 Å². The second-order valence-electron chi connectivity index (χ2n) is 9.17. The minimum absolute atomic E-state index is 0.187. The summed E-state index contributed by atoms with van der Waals surface area (Å²) in [6.45, 7) is 3.21. The normalized spacial score (nSPS) is 20.5. The molecule has 0 radical (unpaired) electrons. The lowest BCUT2D eigenvalue weighted by Crippen LogP contribution is -2.57. The van der Waals surface area contributed by atoms with Gasteiger partial charge < -0.3 is 24.2 Å². The monoisotopic (exact) mass is 464 g/mol. The SMILES string of the molecule is Cc1cc(NC(=O)C[N@+]2(C)CCCC(OC(=O)C(O)(c3ccccc3)c3ccccc3)C2)no1. The first-order valence-electron chi connectivity index (χ1n) is 11.4. The third kappa shape index (κ3) is 5.18. The Morgan fingerprint density at radius 3 is 2.32 bits per heavy atom. The van der Waals surface area contributed by atoms with E-state index in [-0.39, 0.29) is 12.5 Å². The maximum Gasteiger partial charge on any atom is 0.348 e. The zero-order chi connectivity index (χ0) is 24.2. The molecule has 8 heteroatoms. The number of hydrogen-bond acceptors (Lipinski definition) is 6. The van der Waals surface area contributed by atoms with E-state index in [1.807, 2.05) is 19.2 Å². The molecule has 1 aromatic heterocycles. The van der Waals surface area contributed by atoms with Gasteiger partial charge in [0.25, 0.3) is 5.91 Å². The van der Waals surface area contributed by atoms with Crippen molar-refractivity contribution in [2.75, 3.05) is 32.0 Å². The number of ether oxygens (including phenoxy) is 1. The van der Waals surface area contributed by atoms with Gasteiger partial charge in [0.2, 0.25) is 5.60 Å². The van der Waals surface area contributed by atoms with Gasteiger partial charge in [0, 0.05) is 12.5 Å². The van der Waals surface area contributed by atoms with Crippen molar-refractivity contribution in [1.29, 1.82) is 0 Å². The van der Waals surface area contributed by atoms with Crippen molar-refractivity contribution in [3.8, 4) is 0 Å². The summed E-state index contributed by atoms with van der Waals surface area (Å²) in [6, 6.07) is 19.3. The fourth-order valence-electron chi connectivity index (χ4n) is 4.57. The van der Waals surface area contributed by atoms with E-state index in [2.05, 4.69) is 10.5 Å². The van der Waals surface area contributed by atoms with Gasteiger partial charge in [-0.1, -0.05) is 65.8 Å². The molecule has 8 nitrogen and oxygen atoms in total. The second-order valence-corrected chi connectivity index (χ2v) is 9.17. The Hall–Kier alpha value is -3.49. The first-order valence-corrected chi connectivity index (χ1v) is 11.4. The van der Waals surface area contributed by atoms with E-state index >= 15 is 0 Å². The summed E-state index contributed by atoms with van der Waals surface area (Å²) >= 11 is 0. The van der Waals surface area contributed by atoms with Crippen molar-refractivity contribution < 1.29 is 28.4 Å². The molecule has 1 aliphatic heterocycles. The predicted octanol–water partition coefficient (Wildman–Crippen LogP) is 3.01. The lowest BCUT2D eigenvalue weighted by Gasteiger charge is -2.41. The number of aryl methyl sites for hydroxylation is 1. The Labute approximate surface area is 198 Å². The van der Waals surface area contributed by atoms with Crippen LogP contribution in [0.2, 0.25) is 0 Å². The van der Waals surface area contributed by atoms with E-state index in [0.717, 1.165) is 13.0 Å². The molecule has 0 aliphatic carbocycles. The number of benzene rings is 2. The van der Waals surface area contributed by atoms with Crippen LogP contribution in [0, 0.1) is 6.92 Å². The number of rotatable bonds is 7. The van der Waals surface area contributed by atoms with Crippen LogP contribution < -0.4 is 5.32 Å². The number of nitrogens with zero attached hydrogens (tertiary/aromatic N) is 2. The molecule has 0 bridgehead atoms. The highest BCUT2D eigenvalue weighted by Crippen LogP contribution is 2.32. The number of piperidine rings is 1. The molecule has 4 rings (SSSR count). The second kappa shape index (κ2) is 9.79. The topological polar surface area (TPSA) is 102 Å². The van der Waals surface area contributed by atoms with E-state index in [9.17, 15) is 14.7 Å². The molecule has 1 amide bonds. The first kappa shape index (κ1) is 23.7. The van der Waals surface area contributed by atoms with Gasteiger partial charge in [-0.3, -0.25) is 4.79 Å². The Balaban J connectivity index is 1.47. The molecule has 1 saturated heterocycles. The molecule has 2 aromatic carbocycles. The number of anilines is 1. The van der Waals surface area contributed by atoms with E-state index in [0.29, 0.717) is 40.2 Å². The van der Waals surface area contributed by atoms with Gasteiger partial charge in [-0.15, -0.1) is 0 Å². The van der Waals surface area contributed by atoms with Crippen molar-refractivity contribution in [3.63, 3.8) is 0 Å². The van der Waals surface area contributed by atoms with Crippen molar-refractivity contribution in [3.05, 3.63) is 83.6 Å². The summed E-state index contributed by atoms with van der Waals surface area (Å²) in [5.41, 5.74) is -1.03. The molecular formula is C26H30N3O5+. The molecule has 0 spiro atoms. The standard InChI is InChI=1S/C26H29N3O5/c1-19-16-23(28-34-19)27-24(30)18-29(2)15-9-14-22(17-29)33-25(31)26(32,20-10-5-3-6-11-20)21-12-7-4-8-13-21/h3-8,10-13,16,22,32H,9,14-15,17-18H2,1-2H3/p+1/t22?,29-/m1/s1. The summed E-state index contributed by atoms with van der Waals surface area (Å²) < 4.78 is 11.3. The smallest absolute Gasteiger partial charge is 0.348 e. The summed E-state index contributed by atoms with van der Waals surface area (Å²) in [4.78, 5) is 26.0. The largest absolute Gasteiger partial charge is 0.454 e. The highest BCUT2D eigenvalue weighted by Gasteiger charge is 2.44. The molecule has 34 heavy (non-hydrogen) atoms. The van der Waals surface area contributed by atoms with Gasteiger partial charge in [-0.2, -0.15) is 0 Å². The van der Waals surface area contributed by atoms with Crippen LogP contribution in [0.3, 0.4) is 0 Å². The van der Waals surface area contributed by atoms with Gasteiger partial charge in [0.05, 0.1) is 13.6 Å². The molecule has 1 unspecified atom stereocenters. The van der Waals surface area contributed by atoms with Crippen LogP contribution in [0.15, 0.2) is 71.3 Å². The van der Waals surface area contributed by atoms with Gasteiger partial charge >= 0.3 is 5.97 Å². The van der Waals surface area contributed by atoms with E-state index in [1.165, 1.54) is 0 Å². The number of likely N-dealkylation sites (N-methyl/N-ethyl adjacent to an activating group) is 1. The Morgan fingerprint density at radius 1 is 1.15 bits per heavy atom. The van der Waals surface area contributed by atoms with Crippen molar-refractivity contribution in [2.24, 2.45) is 0 Å². The first-order chi connectivity index (χ1) is 16.3. The van der Waals surface area contributed by atoms with Gasteiger partial charge in [-0.05, 0) is 24.5 Å². The number of carbonyl (C=O) groups is 2. The highest BCUT2D eigenvalue weighted by molar-refractivity contribution is 5.90. The zero-order valence-corrected chi connectivity index (χ0v) is 19.4. The molecular weight excluding hydrogens is 434 g/mol. The van der Waals surface area contributed by atoms with Gasteiger partial charge in [-0.25, -0.2) is 4.79 Å². The summed E-state index contributed by atoms with van der Waals surface area (Å²) in [5.74, 6) is 0.0913. The quantitative estimate of drug-likeness (QED) is 0.412. The van der Waals surface area contributed by atoms with E-state index < -0.39 is 17.7 Å². The Kier molecular flexibility index (Phi) is 6.81. The third-order valence-corrected chi connectivity index (χ3v) is 6.24. The fraction of sp³-hybridized carbons (Fsp3) is 0.346. The molecule has 3 aromatic rings. The number of aliphatic hydroxyl groups is 1. The minimum Gasteiger partial charge on any atom is -0.454 e. The molecule has 2 N–H and O–H groups in total.